The van der Waals surface area contributed by atoms with Gasteiger partial charge in [0.05, 0.1) is 0 Å². The van der Waals surface area contributed by atoms with E-state index in [-0.39, 0.29) is 0 Å². The maximum Gasteiger partial charge on any atom is 0.137 e. The van der Waals surface area contributed by atoms with E-state index < -0.39 is 0 Å². The minimum atomic E-state index is 0.841. The van der Waals surface area contributed by atoms with Crippen molar-refractivity contribution in [3.8, 4) is 11.1 Å². The van der Waals surface area contributed by atoms with E-state index in [0.717, 1.165) is 127 Å². The summed E-state index contributed by atoms with van der Waals surface area (Å²) >= 11 is 0. The molecule has 0 N–H and O–H groups in total. The summed E-state index contributed by atoms with van der Waals surface area (Å²) in [5, 5.41) is 11.2. The molecule has 0 aliphatic rings. The molecule has 0 amide bonds. The average molecular weight is 732 g/mol. The highest BCUT2D eigenvalue weighted by molar-refractivity contribution is 6.31. The van der Waals surface area contributed by atoms with Gasteiger partial charge in [-0.15, -0.1) is 0 Å². The van der Waals surface area contributed by atoms with Crippen molar-refractivity contribution in [3.63, 3.8) is 0 Å². The van der Waals surface area contributed by atoms with Gasteiger partial charge in [-0.1, -0.05) is 84.9 Å². The summed E-state index contributed by atoms with van der Waals surface area (Å²) in [5.74, 6) is 0. The van der Waals surface area contributed by atoms with Crippen LogP contribution in [0.5, 0.6) is 0 Å². The van der Waals surface area contributed by atoms with Crippen molar-refractivity contribution in [1.29, 1.82) is 0 Å². The summed E-state index contributed by atoms with van der Waals surface area (Å²) in [6, 6.07) is 61.3. The van der Waals surface area contributed by atoms with Crippen molar-refractivity contribution in [2.45, 2.75) is 0 Å². The van der Waals surface area contributed by atoms with E-state index in [1.54, 1.807) is 0 Å². The van der Waals surface area contributed by atoms with Crippen LogP contribution in [0.3, 0.4) is 0 Å². The Morgan fingerprint density at radius 1 is 0.263 bits per heavy atom. The van der Waals surface area contributed by atoms with Gasteiger partial charge in [0.15, 0.2) is 0 Å². The van der Waals surface area contributed by atoms with Gasteiger partial charge in [0.25, 0.3) is 0 Å². The largest absolute Gasteiger partial charge is 0.456 e. The van der Waals surface area contributed by atoms with Crippen LogP contribution in [0, 0.1) is 0 Å². The molecule has 0 radical (unpaired) electrons. The van der Waals surface area contributed by atoms with Crippen molar-refractivity contribution in [3.05, 3.63) is 176 Å². The Morgan fingerprint density at radius 3 is 1.30 bits per heavy atom. The van der Waals surface area contributed by atoms with Gasteiger partial charge in [-0.3, -0.25) is 0 Å². The Balaban J connectivity index is 0.941. The summed E-state index contributed by atoms with van der Waals surface area (Å²) in [6.07, 6.45) is 0. The second-order valence-electron chi connectivity index (χ2n) is 14.8. The lowest BCUT2D eigenvalue weighted by Crippen LogP contribution is -2.09. The van der Waals surface area contributed by atoms with Crippen LogP contribution in [-0.2, 0) is 0 Å². The lowest BCUT2D eigenvalue weighted by atomic mass is 9.97. The van der Waals surface area contributed by atoms with Crippen LogP contribution in [0.2, 0.25) is 0 Å². The van der Waals surface area contributed by atoms with Gasteiger partial charge in [-0.05, 0) is 95.4 Å². The summed E-state index contributed by atoms with van der Waals surface area (Å²) in [6.45, 7) is 0. The lowest BCUT2D eigenvalue weighted by Gasteiger charge is -2.25. The third kappa shape index (κ3) is 4.45. The average Bonchev–Trinajstić information content (AvgIpc) is 4.03. The van der Waals surface area contributed by atoms with Crippen LogP contribution in [0.1, 0.15) is 0 Å². The predicted molar refractivity (Wildman–Crippen MR) is 233 cm³/mol. The number of para-hydroxylation sites is 3. The zero-order valence-electron chi connectivity index (χ0n) is 30.3. The second kappa shape index (κ2) is 11.4. The van der Waals surface area contributed by atoms with E-state index >= 15 is 0 Å². The Kier molecular flexibility index (Phi) is 6.10. The molecule has 0 saturated heterocycles. The maximum atomic E-state index is 6.60. The molecule has 0 bridgehead atoms. The Hall–Kier alpha value is -7.76. The molecule has 5 heteroatoms. The highest BCUT2D eigenvalue weighted by Crippen LogP contribution is 2.44. The molecule has 4 aromatic heterocycles. The molecule has 0 atom stereocenters. The number of fused-ring (bicyclic) bond motifs is 15. The molecule has 0 saturated carbocycles. The number of anilines is 3. The van der Waals surface area contributed by atoms with E-state index in [1.165, 1.54) is 0 Å². The summed E-state index contributed by atoms with van der Waals surface area (Å²) in [7, 11) is 0. The van der Waals surface area contributed by atoms with Crippen LogP contribution >= 0.6 is 0 Å². The van der Waals surface area contributed by atoms with Crippen molar-refractivity contribution >= 4 is 116 Å². The van der Waals surface area contributed by atoms with Crippen LogP contribution in [0.25, 0.3) is 110 Å². The quantitative estimate of drug-likeness (QED) is 0.180. The molecule has 0 fully saturated rings. The van der Waals surface area contributed by atoms with Crippen molar-refractivity contribution in [2.24, 2.45) is 0 Å². The van der Waals surface area contributed by atoms with Crippen LogP contribution < -0.4 is 4.90 Å². The fourth-order valence-corrected chi connectivity index (χ4v) is 9.03. The smallest absolute Gasteiger partial charge is 0.137 e. The van der Waals surface area contributed by atoms with Crippen molar-refractivity contribution < 1.29 is 17.7 Å². The topological polar surface area (TPSA) is 55.8 Å². The first kappa shape index (κ1) is 30.6. The molecular weight excluding hydrogens is 703 g/mol. The van der Waals surface area contributed by atoms with Crippen LogP contribution in [0.4, 0.5) is 17.1 Å². The second-order valence-corrected chi connectivity index (χ2v) is 14.8. The number of hydrogen-bond donors (Lipinski definition) is 0. The molecule has 5 nitrogen and oxygen atoms in total. The van der Waals surface area contributed by atoms with Gasteiger partial charge in [0, 0.05) is 77.7 Å². The monoisotopic (exact) mass is 731 g/mol. The zero-order valence-corrected chi connectivity index (χ0v) is 30.3. The molecule has 9 aromatic carbocycles. The SMILES string of the molecule is c1ccc2c(c1)oc1cc(N(c3ccc(-c4ccc5c(c4)oc4ccc6ccc7oc8ccccc8c7c6c45)cc3)c3ccc4c(c3)oc3ccccc34)ccc12. The Morgan fingerprint density at radius 2 is 0.684 bits per heavy atom. The van der Waals surface area contributed by atoms with E-state index in [9.17, 15) is 0 Å². The highest BCUT2D eigenvalue weighted by atomic mass is 16.3. The van der Waals surface area contributed by atoms with Gasteiger partial charge in [-0.2, -0.15) is 0 Å². The number of benzene rings is 9. The van der Waals surface area contributed by atoms with Crippen LogP contribution in [0.15, 0.2) is 194 Å². The number of hydrogen-bond acceptors (Lipinski definition) is 5. The molecule has 13 aromatic rings. The first-order valence-electron chi connectivity index (χ1n) is 19.1. The van der Waals surface area contributed by atoms with Gasteiger partial charge in [0.1, 0.15) is 44.7 Å². The number of rotatable bonds is 4. The van der Waals surface area contributed by atoms with Gasteiger partial charge in [0.2, 0.25) is 0 Å². The van der Waals surface area contributed by atoms with E-state index in [2.05, 4.69) is 144 Å². The summed E-state index contributed by atoms with van der Waals surface area (Å²) in [4.78, 5) is 2.26. The van der Waals surface area contributed by atoms with E-state index in [4.69, 9.17) is 17.7 Å². The summed E-state index contributed by atoms with van der Waals surface area (Å²) in [5.41, 5.74) is 12.1. The number of furan rings is 4. The Labute approximate surface area is 324 Å². The minimum Gasteiger partial charge on any atom is -0.456 e. The first-order chi connectivity index (χ1) is 28.2. The molecule has 0 aliphatic heterocycles. The van der Waals surface area contributed by atoms with Gasteiger partial charge < -0.3 is 22.6 Å². The van der Waals surface area contributed by atoms with Crippen LogP contribution in [-0.4, -0.2) is 0 Å². The standard InChI is InChI=1S/C52H29NO4/c1-4-10-42-36(7-1)38-23-20-34(28-48(38)55-42)53(35-21-24-39-37-8-2-5-11-43(37)56-49(39)29-35)33-18-13-30(14-19-33)32-15-22-41-47(27-32)57-46-26-17-31-16-25-45-51(50(31)52(41)46)40-9-3-6-12-44(40)54-45/h1-29H. The molecule has 0 aliphatic carbocycles. The summed E-state index contributed by atoms with van der Waals surface area (Å²) < 4.78 is 25.6. The molecule has 57 heavy (non-hydrogen) atoms. The third-order valence-corrected chi connectivity index (χ3v) is 11.7. The lowest BCUT2D eigenvalue weighted by molar-refractivity contribution is 0.668. The molecule has 266 valence electrons. The molecule has 0 spiro atoms. The molecule has 0 unspecified atom stereocenters. The maximum absolute atomic E-state index is 6.60. The van der Waals surface area contributed by atoms with E-state index in [0.29, 0.717) is 0 Å². The normalized spacial score (nSPS) is 12.2. The molecule has 4 heterocycles. The van der Waals surface area contributed by atoms with Crippen molar-refractivity contribution in [1.82, 2.24) is 0 Å². The minimum absolute atomic E-state index is 0.841. The third-order valence-electron chi connectivity index (χ3n) is 11.7. The highest BCUT2D eigenvalue weighted by Gasteiger charge is 2.20. The fourth-order valence-electron chi connectivity index (χ4n) is 9.03. The zero-order chi connectivity index (χ0) is 37.2. The van der Waals surface area contributed by atoms with E-state index in [1.807, 2.05) is 36.4 Å². The molecular formula is C52H29NO4. The predicted octanol–water partition coefficient (Wildman–Crippen LogP) is 15.6. The number of nitrogens with zero attached hydrogens (tertiary/aromatic N) is 1. The fraction of sp³-hybridized carbons (Fsp3) is 0. The Bertz CT molecular complexity index is 3650. The van der Waals surface area contributed by atoms with Gasteiger partial charge >= 0.3 is 0 Å². The molecule has 13 rings (SSSR count). The van der Waals surface area contributed by atoms with Gasteiger partial charge in [-0.25, -0.2) is 0 Å². The first-order valence-corrected chi connectivity index (χ1v) is 19.1. The van der Waals surface area contributed by atoms with Crippen molar-refractivity contribution in [2.75, 3.05) is 4.90 Å².